The first kappa shape index (κ1) is 13.9. The molecule has 0 heterocycles. The van der Waals surface area contributed by atoms with Crippen molar-refractivity contribution in [3.05, 3.63) is 54.6 Å². The Morgan fingerprint density at radius 3 is 2.20 bits per heavy atom. The molecule has 0 aliphatic heterocycles. The summed E-state index contributed by atoms with van der Waals surface area (Å²) < 4.78 is 10.3. The monoisotopic (exact) mass is 271 g/mol. The molecule has 2 aromatic carbocycles. The Morgan fingerprint density at radius 2 is 1.60 bits per heavy atom. The van der Waals surface area contributed by atoms with E-state index < -0.39 is 0 Å². The summed E-state index contributed by atoms with van der Waals surface area (Å²) in [4.78, 5) is 11.3. The van der Waals surface area contributed by atoms with Crippen LogP contribution in [0.3, 0.4) is 0 Å². The van der Waals surface area contributed by atoms with Gasteiger partial charge in [0, 0.05) is 5.69 Å². The number of esters is 1. The van der Waals surface area contributed by atoms with E-state index in [0.717, 1.165) is 17.2 Å². The summed E-state index contributed by atoms with van der Waals surface area (Å²) in [5.74, 6) is 1.23. The second-order valence-electron chi connectivity index (χ2n) is 4.33. The number of carbonyl (C=O) groups excluding carboxylic acids is 1. The molecule has 0 spiro atoms. The molecule has 0 aliphatic rings. The summed E-state index contributed by atoms with van der Waals surface area (Å²) in [5.41, 5.74) is 0.836. The predicted octanol–water partition coefficient (Wildman–Crippen LogP) is 3.45. The van der Waals surface area contributed by atoms with Gasteiger partial charge >= 0.3 is 5.97 Å². The zero-order valence-electron chi connectivity index (χ0n) is 11.5. The van der Waals surface area contributed by atoms with Crippen LogP contribution in [-0.4, -0.2) is 19.1 Å². The third kappa shape index (κ3) is 3.75. The van der Waals surface area contributed by atoms with Crippen LogP contribution < -0.4 is 10.1 Å². The van der Waals surface area contributed by atoms with E-state index in [2.05, 4.69) is 10.1 Å². The maximum absolute atomic E-state index is 11.3. The van der Waals surface area contributed by atoms with Gasteiger partial charge in [0.1, 0.15) is 17.5 Å². The molecule has 0 bridgehead atoms. The molecule has 2 aromatic rings. The average Bonchev–Trinajstić information content (AvgIpc) is 2.49. The van der Waals surface area contributed by atoms with E-state index in [1.807, 2.05) is 54.6 Å². The molecule has 1 unspecified atom stereocenters. The minimum absolute atomic E-state index is 0.297. The van der Waals surface area contributed by atoms with E-state index in [0.29, 0.717) is 0 Å². The van der Waals surface area contributed by atoms with Crippen molar-refractivity contribution in [2.24, 2.45) is 0 Å². The lowest BCUT2D eigenvalue weighted by Gasteiger charge is -2.13. The summed E-state index contributed by atoms with van der Waals surface area (Å²) in [6.45, 7) is 1.75. The Bertz CT molecular complexity index is 552. The lowest BCUT2D eigenvalue weighted by atomic mass is 10.2. The molecule has 104 valence electrons. The molecule has 0 fully saturated rings. The van der Waals surface area contributed by atoms with Gasteiger partial charge in [-0.15, -0.1) is 0 Å². The summed E-state index contributed by atoms with van der Waals surface area (Å²) in [6, 6.07) is 16.6. The molecule has 0 aromatic heterocycles. The van der Waals surface area contributed by atoms with E-state index >= 15 is 0 Å². The molecular weight excluding hydrogens is 254 g/mol. The molecule has 2 rings (SSSR count). The maximum atomic E-state index is 11.3. The number of para-hydroxylation sites is 1. The first-order chi connectivity index (χ1) is 9.69. The van der Waals surface area contributed by atoms with Crippen LogP contribution in [0.15, 0.2) is 54.6 Å². The maximum Gasteiger partial charge on any atom is 0.327 e. The van der Waals surface area contributed by atoms with Gasteiger partial charge in [0.05, 0.1) is 7.11 Å². The minimum atomic E-state index is -0.388. The number of hydrogen-bond donors (Lipinski definition) is 1. The topological polar surface area (TPSA) is 47.6 Å². The number of benzene rings is 2. The standard InChI is InChI=1S/C16H17NO3/c1-12(16(18)19-2)17-13-8-10-15(11-9-13)20-14-6-4-3-5-7-14/h3-12,17H,1-2H3. The predicted molar refractivity (Wildman–Crippen MR) is 78.1 cm³/mol. The van der Waals surface area contributed by atoms with Crippen LogP contribution in [0.25, 0.3) is 0 Å². The average molecular weight is 271 g/mol. The number of hydrogen-bond acceptors (Lipinski definition) is 4. The van der Waals surface area contributed by atoms with Gasteiger partial charge in [0.2, 0.25) is 0 Å². The van der Waals surface area contributed by atoms with Crippen molar-refractivity contribution in [3.63, 3.8) is 0 Å². The Morgan fingerprint density at radius 1 is 1.00 bits per heavy atom. The van der Waals surface area contributed by atoms with Crippen molar-refractivity contribution in [3.8, 4) is 11.5 Å². The third-order valence-corrected chi connectivity index (χ3v) is 2.77. The zero-order chi connectivity index (χ0) is 14.4. The molecule has 4 heteroatoms. The first-order valence-corrected chi connectivity index (χ1v) is 6.36. The van der Waals surface area contributed by atoms with Crippen LogP contribution in [0.2, 0.25) is 0 Å². The molecule has 20 heavy (non-hydrogen) atoms. The molecule has 0 saturated carbocycles. The fourth-order valence-electron chi connectivity index (χ4n) is 1.73. The number of anilines is 1. The fourth-order valence-corrected chi connectivity index (χ4v) is 1.73. The Kier molecular flexibility index (Phi) is 4.60. The van der Waals surface area contributed by atoms with Crippen LogP contribution in [0.1, 0.15) is 6.92 Å². The highest BCUT2D eigenvalue weighted by Gasteiger charge is 2.12. The quantitative estimate of drug-likeness (QED) is 0.846. The van der Waals surface area contributed by atoms with Crippen LogP contribution >= 0.6 is 0 Å². The molecule has 4 nitrogen and oxygen atoms in total. The van der Waals surface area contributed by atoms with E-state index in [4.69, 9.17) is 4.74 Å². The largest absolute Gasteiger partial charge is 0.467 e. The van der Waals surface area contributed by atoms with Gasteiger partial charge in [-0.05, 0) is 43.3 Å². The van der Waals surface area contributed by atoms with Gasteiger partial charge < -0.3 is 14.8 Å². The van der Waals surface area contributed by atoms with Gasteiger partial charge in [0.25, 0.3) is 0 Å². The number of methoxy groups -OCH3 is 1. The molecule has 0 amide bonds. The Balaban J connectivity index is 1.98. The van der Waals surface area contributed by atoms with Crippen molar-refractivity contribution in [2.45, 2.75) is 13.0 Å². The smallest absolute Gasteiger partial charge is 0.327 e. The van der Waals surface area contributed by atoms with Crippen molar-refractivity contribution >= 4 is 11.7 Å². The van der Waals surface area contributed by atoms with E-state index in [-0.39, 0.29) is 12.0 Å². The number of nitrogens with one attached hydrogen (secondary N) is 1. The normalized spacial score (nSPS) is 11.5. The Hall–Kier alpha value is -2.49. The number of carbonyl (C=O) groups is 1. The molecular formula is C16H17NO3. The highest BCUT2D eigenvalue weighted by Crippen LogP contribution is 2.22. The lowest BCUT2D eigenvalue weighted by Crippen LogP contribution is -2.27. The summed E-state index contributed by atoms with van der Waals surface area (Å²) in [5, 5.41) is 3.05. The lowest BCUT2D eigenvalue weighted by molar-refractivity contribution is -0.141. The molecule has 1 N–H and O–H groups in total. The van der Waals surface area contributed by atoms with Crippen LogP contribution in [0.5, 0.6) is 11.5 Å². The zero-order valence-corrected chi connectivity index (χ0v) is 11.5. The van der Waals surface area contributed by atoms with Gasteiger partial charge in [-0.25, -0.2) is 4.79 Å². The van der Waals surface area contributed by atoms with Crippen molar-refractivity contribution in [2.75, 3.05) is 12.4 Å². The summed E-state index contributed by atoms with van der Waals surface area (Å²) >= 11 is 0. The SMILES string of the molecule is COC(=O)C(C)Nc1ccc(Oc2ccccc2)cc1. The summed E-state index contributed by atoms with van der Waals surface area (Å²) in [7, 11) is 1.37. The molecule has 0 saturated heterocycles. The van der Waals surface area contributed by atoms with Crippen molar-refractivity contribution in [1.29, 1.82) is 0 Å². The van der Waals surface area contributed by atoms with Gasteiger partial charge in [-0.2, -0.15) is 0 Å². The molecule has 0 aliphatic carbocycles. The summed E-state index contributed by atoms with van der Waals surface area (Å²) in [6.07, 6.45) is 0. The minimum Gasteiger partial charge on any atom is -0.467 e. The van der Waals surface area contributed by atoms with Crippen molar-refractivity contribution in [1.82, 2.24) is 0 Å². The third-order valence-electron chi connectivity index (χ3n) is 2.77. The molecule has 0 radical (unpaired) electrons. The second kappa shape index (κ2) is 6.61. The Labute approximate surface area is 118 Å². The number of ether oxygens (including phenoxy) is 2. The second-order valence-corrected chi connectivity index (χ2v) is 4.33. The van der Waals surface area contributed by atoms with Gasteiger partial charge in [0.15, 0.2) is 0 Å². The highest BCUT2D eigenvalue weighted by molar-refractivity contribution is 5.78. The molecule has 1 atom stereocenters. The van der Waals surface area contributed by atoms with Crippen LogP contribution in [-0.2, 0) is 9.53 Å². The van der Waals surface area contributed by atoms with Crippen LogP contribution in [0.4, 0.5) is 5.69 Å². The first-order valence-electron chi connectivity index (χ1n) is 6.36. The van der Waals surface area contributed by atoms with Crippen LogP contribution in [0, 0.1) is 0 Å². The van der Waals surface area contributed by atoms with Gasteiger partial charge in [-0.1, -0.05) is 18.2 Å². The van der Waals surface area contributed by atoms with Gasteiger partial charge in [-0.3, -0.25) is 0 Å². The fraction of sp³-hybridized carbons (Fsp3) is 0.188. The number of rotatable bonds is 5. The van der Waals surface area contributed by atoms with E-state index in [9.17, 15) is 4.79 Å². The highest BCUT2D eigenvalue weighted by atomic mass is 16.5. The van der Waals surface area contributed by atoms with Crippen molar-refractivity contribution < 1.29 is 14.3 Å². The van der Waals surface area contributed by atoms with E-state index in [1.165, 1.54) is 7.11 Å². The van der Waals surface area contributed by atoms with E-state index in [1.54, 1.807) is 6.92 Å².